The van der Waals surface area contributed by atoms with Crippen LogP contribution in [0.25, 0.3) is 0 Å². The van der Waals surface area contributed by atoms with Crippen molar-refractivity contribution in [3.8, 4) is 0 Å². The first-order valence-corrected chi connectivity index (χ1v) is 6.44. The Bertz CT molecular complexity index is 603. The molecule has 0 amide bonds. The Kier molecular flexibility index (Phi) is 4.06. The molecule has 92 valence electrons. The highest BCUT2D eigenvalue weighted by molar-refractivity contribution is 7.99. The number of nitrogens with two attached hydrogens (primary N) is 1. The summed E-state index contributed by atoms with van der Waals surface area (Å²) in [6.45, 7) is 0. The van der Waals surface area contributed by atoms with Crippen LogP contribution in [0.1, 0.15) is 5.56 Å². The van der Waals surface area contributed by atoms with Gasteiger partial charge in [-0.1, -0.05) is 35.0 Å². The Balaban J connectivity index is 2.40. The van der Waals surface area contributed by atoms with E-state index in [0.29, 0.717) is 20.6 Å². The standard InChI is InChI=1S/C11H8Cl2N4S/c12-6-1-2-8(13)9(5-6)18-11-7(10(14)15)3-4-16-17-11/h1-5H,(H3,14,15). The monoisotopic (exact) mass is 298 g/mol. The van der Waals surface area contributed by atoms with Crippen LogP contribution in [0.15, 0.2) is 40.4 Å². The maximum absolute atomic E-state index is 7.48. The second-order valence-corrected chi connectivity index (χ2v) is 5.21. The largest absolute Gasteiger partial charge is 0.384 e. The summed E-state index contributed by atoms with van der Waals surface area (Å²) in [4.78, 5) is 0.743. The number of halogens is 2. The number of benzene rings is 1. The lowest BCUT2D eigenvalue weighted by atomic mass is 10.3. The Morgan fingerprint density at radius 2 is 2.06 bits per heavy atom. The minimum atomic E-state index is -0.0643. The van der Waals surface area contributed by atoms with E-state index in [1.54, 1.807) is 24.3 Å². The molecule has 2 aromatic rings. The molecular formula is C11H8Cl2N4S. The second kappa shape index (κ2) is 5.56. The molecule has 0 unspecified atom stereocenters. The van der Waals surface area contributed by atoms with Crippen LogP contribution in [-0.2, 0) is 0 Å². The highest BCUT2D eigenvalue weighted by atomic mass is 35.5. The fourth-order valence-electron chi connectivity index (χ4n) is 1.26. The Morgan fingerprint density at radius 3 is 2.78 bits per heavy atom. The van der Waals surface area contributed by atoms with E-state index in [1.807, 2.05) is 0 Å². The van der Waals surface area contributed by atoms with Crippen LogP contribution < -0.4 is 5.73 Å². The van der Waals surface area contributed by atoms with Crippen molar-refractivity contribution in [3.63, 3.8) is 0 Å². The molecule has 0 aliphatic heterocycles. The third kappa shape index (κ3) is 2.93. The highest BCUT2D eigenvalue weighted by Gasteiger charge is 2.11. The molecule has 1 heterocycles. The van der Waals surface area contributed by atoms with Gasteiger partial charge in [-0.2, -0.15) is 5.10 Å². The third-order valence-corrected chi connectivity index (χ3v) is 3.81. The van der Waals surface area contributed by atoms with Crippen molar-refractivity contribution in [3.05, 3.63) is 46.1 Å². The van der Waals surface area contributed by atoms with Gasteiger partial charge in [-0.25, -0.2) is 0 Å². The number of nitrogen functional groups attached to an aromatic ring is 1. The molecule has 0 bridgehead atoms. The molecule has 0 aliphatic carbocycles. The topological polar surface area (TPSA) is 75.7 Å². The molecule has 2 rings (SSSR count). The van der Waals surface area contributed by atoms with E-state index in [2.05, 4.69) is 10.2 Å². The van der Waals surface area contributed by atoms with Crippen LogP contribution in [0.3, 0.4) is 0 Å². The minimum absolute atomic E-state index is 0.0643. The van der Waals surface area contributed by atoms with E-state index in [9.17, 15) is 0 Å². The van der Waals surface area contributed by atoms with E-state index in [1.165, 1.54) is 18.0 Å². The molecule has 1 aromatic heterocycles. The Labute approximate surface area is 118 Å². The van der Waals surface area contributed by atoms with Gasteiger partial charge >= 0.3 is 0 Å². The number of nitrogens with one attached hydrogen (secondary N) is 1. The first kappa shape index (κ1) is 13.1. The van der Waals surface area contributed by atoms with E-state index in [4.69, 9.17) is 34.3 Å². The number of amidine groups is 1. The van der Waals surface area contributed by atoms with Crippen LogP contribution >= 0.6 is 35.0 Å². The lowest BCUT2D eigenvalue weighted by Gasteiger charge is -2.07. The highest BCUT2D eigenvalue weighted by Crippen LogP contribution is 2.35. The molecule has 0 spiro atoms. The number of aromatic nitrogens is 2. The predicted octanol–water partition coefficient (Wildman–Crippen LogP) is 3.22. The van der Waals surface area contributed by atoms with Crippen molar-refractivity contribution in [1.29, 1.82) is 5.41 Å². The molecule has 18 heavy (non-hydrogen) atoms. The van der Waals surface area contributed by atoms with Crippen molar-refractivity contribution in [2.45, 2.75) is 9.92 Å². The summed E-state index contributed by atoms with van der Waals surface area (Å²) in [5, 5.41) is 16.9. The summed E-state index contributed by atoms with van der Waals surface area (Å²) in [7, 11) is 0. The van der Waals surface area contributed by atoms with E-state index < -0.39 is 0 Å². The summed E-state index contributed by atoms with van der Waals surface area (Å²) >= 11 is 13.2. The second-order valence-electron chi connectivity index (χ2n) is 3.34. The molecule has 0 fully saturated rings. The zero-order valence-electron chi connectivity index (χ0n) is 9.02. The van der Waals surface area contributed by atoms with Gasteiger partial charge in [0.2, 0.25) is 0 Å². The van der Waals surface area contributed by atoms with E-state index >= 15 is 0 Å². The fourth-order valence-corrected chi connectivity index (χ4v) is 2.66. The van der Waals surface area contributed by atoms with Crippen LogP contribution in [0.4, 0.5) is 0 Å². The van der Waals surface area contributed by atoms with Gasteiger partial charge in [0.05, 0.1) is 16.8 Å². The molecule has 1 aromatic carbocycles. The zero-order valence-corrected chi connectivity index (χ0v) is 11.4. The van der Waals surface area contributed by atoms with Crippen molar-refractivity contribution < 1.29 is 0 Å². The summed E-state index contributed by atoms with van der Waals surface area (Å²) < 4.78 is 0. The summed E-state index contributed by atoms with van der Waals surface area (Å²) in [5.74, 6) is -0.0643. The van der Waals surface area contributed by atoms with Crippen LogP contribution in [0, 0.1) is 5.41 Å². The number of hydrogen-bond donors (Lipinski definition) is 2. The van der Waals surface area contributed by atoms with E-state index in [-0.39, 0.29) is 5.84 Å². The van der Waals surface area contributed by atoms with Gasteiger partial charge in [0.15, 0.2) is 0 Å². The van der Waals surface area contributed by atoms with Crippen LogP contribution in [0.2, 0.25) is 10.0 Å². The maximum atomic E-state index is 7.48. The first-order chi connectivity index (χ1) is 8.58. The molecule has 0 saturated carbocycles. The third-order valence-electron chi connectivity index (χ3n) is 2.08. The van der Waals surface area contributed by atoms with Crippen molar-refractivity contribution in [2.24, 2.45) is 5.73 Å². The lowest BCUT2D eigenvalue weighted by molar-refractivity contribution is 0.921. The van der Waals surface area contributed by atoms with Crippen molar-refractivity contribution >= 4 is 40.8 Å². The molecule has 0 radical (unpaired) electrons. The van der Waals surface area contributed by atoms with Crippen molar-refractivity contribution in [2.75, 3.05) is 0 Å². The lowest BCUT2D eigenvalue weighted by Crippen LogP contribution is -2.13. The molecule has 4 nitrogen and oxygen atoms in total. The van der Waals surface area contributed by atoms with Gasteiger partial charge in [0, 0.05) is 9.92 Å². The quantitative estimate of drug-likeness (QED) is 0.674. The van der Waals surface area contributed by atoms with Gasteiger partial charge in [-0.15, -0.1) is 5.10 Å². The van der Waals surface area contributed by atoms with Gasteiger partial charge in [-0.3, -0.25) is 5.41 Å². The fraction of sp³-hybridized carbons (Fsp3) is 0. The predicted molar refractivity (Wildman–Crippen MR) is 73.6 cm³/mol. The van der Waals surface area contributed by atoms with E-state index in [0.717, 1.165) is 4.90 Å². The smallest absolute Gasteiger partial charge is 0.134 e. The number of rotatable bonds is 3. The maximum Gasteiger partial charge on any atom is 0.134 e. The minimum Gasteiger partial charge on any atom is -0.384 e. The van der Waals surface area contributed by atoms with Gasteiger partial charge in [0.25, 0.3) is 0 Å². The number of nitrogens with zero attached hydrogens (tertiary/aromatic N) is 2. The summed E-state index contributed by atoms with van der Waals surface area (Å²) in [6.07, 6.45) is 1.49. The first-order valence-electron chi connectivity index (χ1n) is 4.87. The summed E-state index contributed by atoms with van der Waals surface area (Å²) in [5.41, 5.74) is 6.00. The zero-order chi connectivity index (χ0) is 13.1. The molecule has 3 N–H and O–H groups in total. The molecule has 0 aliphatic rings. The Morgan fingerprint density at radius 1 is 1.28 bits per heavy atom. The number of hydrogen-bond acceptors (Lipinski definition) is 4. The average molecular weight is 299 g/mol. The average Bonchev–Trinajstić information content (AvgIpc) is 2.34. The molecule has 0 atom stereocenters. The molecular weight excluding hydrogens is 291 g/mol. The van der Waals surface area contributed by atoms with Gasteiger partial charge in [0.1, 0.15) is 10.9 Å². The molecule has 0 saturated heterocycles. The molecule has 7 heteroatoms. The van der Waals surface area contributed by atoms with Crippen LogP contribution in [-0.4, -0.2) is 16.0 Å². The van der Waals surface area contributed by atoms with Gasteiger partial charge in [-0.05, 0) is 24.3 Å². The summed E-state index contributed by atoms with van der Waals surface area (Å²) in [6, 6.07) is 6.77. The normalized spacial score (nSPS) is 10.3. The van der Waals surface area contributed by atoms with Crippen LogP contribution in [0.5, 0.6) is 0 Å². The SMILES string of the molecule is N=C(N)c1ccnnc1Sc1cc(Cl)ccc1Cl. The van der Waals surface area contributed by atoms with Gasteiger partial charge < -0.3 is 5.73 Å². The van der Waals surface area contributed by atoms with Crippen molar-refractivity contribution in [1.82, 2.24) is 10.2 Å². The Hall–Kier alpha value is -1.30.